The van der Waals surface area contributed by atoms with Crippen LogP contribution in [0, 0.1) is 0 Å². The lowest BCUT2D eigenvalue weighted by Gasteiger charge is -1.81. The first-order valence-corrected chi connectivity index (χ1v) is 3.48. The Morgan fingerprint density at radius 1 is 1.56 bits per heavy atom. The van der Waals surface area contributed by atoms with Crippen molar-refractivity contribution in [3.8, 4) is 0 Å². The number of hydrogen-bond acceptors (Lipinski definition) is 3. The van der Waals surface area contributed by atoms with Gasteiger partial charge in [-0.15, -0.1) is 0 Å². The lowest BCUT2D eigenvalue weighted by Crippen LogP contribution is -1.74. The maximum atomic E-state index is 4.10. The average molecular weight is 136 g/mol. The van der Waals surface area contributed by atoms with Crippen LogP contribution < -0.4 is 4.99 Å². The molecule has 1 aliphatic rings. The van der Waals surface area contributed by atoms with Crippen LogP contribution in [0.5, 0.6) is 0 Å². The quantitative estimate of drug-likeness (QED) is 0.535. The van der Waals surface area contributed by atoms with E-state index in [0.29, 0.717) is 0 Å². The summed E-state index contributed by atoms with van der Waals surface area (Å²) < 4.78 is 0. The van der Waals surface area contributed by atoms with Crippen molar-refractivity contribution in [2.45, 2.75) is 4.90 Å². The number of aliphatic imine (C=N–C) groups is 1. The molecule has 0 N–H and O–H groups in total. The Bertz CT molecular complexity index is 257. The zero-order valence-corrected chi connectivity index (χ0v) is 5.43. The molecule has 0 saturated carbocycles. The molecule has 0 aromatic carbocycles. The van der Waals surface area contributed by atoms with E-state index < -0.39 is 0 Å². The molecule has 0 aliphatic carbocycles. The van der Waals surface area contributed by atoms with Gasteiger partial charge >= 0.3 is 0 Å². The van der Waals surface area contributed by atoms with E-state index in [1.54, 1.807) is 18.0 Å². The van der Waals surface area contributed by atoms with Crippen molar-refractivity contribution in [3.63, 3.8) is 0 Å². The molecular weight excluding hydrogens is 132 g/mol. The van der Waals surface area contributed by atoms with Crippen LogP contribution in [0.25, 0.3) is 0 Å². The van der Waals surface area contributed by atoms with Gasteiger partial charge in [-0.05, 0) is 11.8 Å². The number of aromatic nitrogens is 1. The van der Waals surface area contributed by atoms with E-state index in [-0.39, 0.29) is 0 Å². The molecule has 3 heteroatoms. The van der Waals surface area contributed by atoms with Gasteiger partial charge in [-0.25, -0.2) is 0 Å². The minimum Gasteiger partial charge on any atom is -0.263 e. The fraction of sp³-hybridized carbons (Fsp3) is 0. The zero-order chi connectivity index (χ0) is 6.10. The van der Waals surface area contributed by atoms with Gasteiger partial charge in [0.2, 0.25) is 0 Å². The van der Waals surface area contributed by atoms with Crippen LogP contribution in [0.4, 0.5) is 5.69 Å². The third-order valence-corrected chi connectivity index (χ3v) is 1.91. The van der Waals surface area contributed by atoms with Crippen LogP contribution in [0.2, 0.25) is 0 Å². The summed E-state index contributed by atoms with van der Waals surface area (Å²) in [6.07, 6.45) is 3.58. The third kappa shape index (κ3) is 0.733. The Labute approximate surface area is 57.0 Å². The molecular formula is C6H4N2S+. The van der Waals surface area contributed by atoms with Crippen LogP contribution in [-0.2, 0) is 0 Å². The minimum absolute atomic E-state index is 1.04. The smallest absolute Gasteiger partial charge is 0.263 e. The Hall–Kier alpha value is -0.830. The van der Waals surface area contributed by atoms with Gasteiger partial charge in [0.05, 0.1) is 4.99 Å². The number of nitrogens with zero attached hydrogens (tertiary/aromatic N) is 2. The van der Waals surface area contributed by atoms with Gasteiger partial charge in [0, 0.05) is 18.5 Å². The number of rotatable bonds is 0. The molecule has 0 fully saturated rings. The van der Waals surface area contributed by atoms with Gasteiger partial charge in [-0.2, -0.15) is 0 Å². The predicted molar refractivity (Wildman–Crippen MR) is 38.0 cm³/mol. The minimum atomic E-state index is 1.04. The molecule has 0 spiro atoms. The summed E-state index contributed by atoms with van der Waals surface area (Å²) in [6, 6.07) is 1.91. The summed E-state index contributed by atoms with van der Waals surface area (Å²) in [5.41, 5.74) is 2.86. The van der Waals surface area contributed by atoms with Gasteiger partial charge in [-0.1, -0.05) is 0 Å². The van der Waals surface area contributed by atoms with Crippen molar-refractivity contribution in [1.82, 2.24) is 9.98 Å². The highest BCUT2D eigenvalue weighted by Gasteiger charge is 2.17. The van der Waals surface area contributed by atoms with Gasteiger partial charge in [-0.3, -0.25) is 4.98 Å². The van der Waals surface area contributed by atoms with Crippen LogP contribution >= 0.6 is 11.8 Å². The SMILES string of the molecule is C1=[N+]c2ccncc2S1. The summed E-state index contributed by atoms with van der Waals surface area (Å²) in [4.78, 5) is 9.20. The second kappa shape index (κ2) is 1.84. The molecule has 0 atom stereocenters. The molecule has 2 nitrogen and oxygen atoms in total. The topological polar surface area (TPSA) is 27.0 Å². The van der Waals surface area contributed by atoms with Gasteiger partial charge in [0.15, 0.2) is 0 Å². The van der Waals surface area contributed by atoms with Crippen LogP contribution in [0.3, 0.4) is 0 Å². The predicted octanol–water partition coefficient (Wildman–Crippen LogP) is 1.18. The highest BCUT2D eigenvalue weighted by Crippen LogP contribution is 2.27. The lowest BCUT2D eigenvalue weighted by molar-refractivity contribution is 1.20. The molecule has 1 aromatic heterocycles. The third-order valence-electron chi connectivity index (χ3n) is 1.13. The van der Waals surface area contributed by atoms with E-state index in [9.17, 15) is 0 Å². The summed E-state index contributed by atoms with van der Waals surface area (Å²) in [6.45, 7) is 0. The molecule has 0 bridgehead atoms. The molecule has 0 unspecified atom stereocenters. The molecule has 9 heavy (non-hydrogen) atoms. The Balaban J connectivity index is 2.63. The largest absolute Gasteiger partial charge is 0.295 e. The zero-order valence-electron chi connectivity index (χ0n) is 4.61. The molecule has 1 radical (unpaired) electrons. The second-order valence-electron chi connectivity index (χ2n) is 1.70. The first-order chi connectivity index (χ1) is 4.47. The van der Waals surface area contributed by atoms with Crippen LogP contribution in [0.15, 0.2) is 23.4 Å². The molecule has 0 saturated heterocycles. The Morgan fingerprint density at radius 3 is 3.44 bits per heavy atom. The monoisotopic (exact) mass is 136 g/mol. The average Bonchev–Trinajstić information content (AvgIpc) is 2.33. The molecule has 1 aliphatic heterocycles. The lowest BCUT2D eigenvalue weighted by atomic mass is 10.4. The van der Waals surface area contributed by atoms with Crippen molar-refractivity contribution in [2.24, 2.45) is 0 Å². The van der Waals surface area contributed by atoms with E-state index in [2.05, 4.69) is 9.98 Å². The maximum absolute atomic E-state index is 4.10. The molecule has 43 valence electrons. The second-order valence-corrected chi connectivity index (χ2v) is 2.58. The van der Waals surface area contributed by atoms with Crippen molar-refractivity contribution < 1.29 is 0 Å². The summed E-state index contributed by atoms with van der Waals surface area (Å²) >= 11 is 1.61. The normalized spacial score (nSPS) is 13.8. The molecule has 1 aromatic rings. The number of pyridine rings is 1. The molecule has 2 heterocycles. The van der Waals surface area contributed by atoms with Crippen LogP contribution in [0.1, 0.15) is 0 Å². The molecule has 2 rings (SSSR count). The number of thioether (sulfide) groups is 1. The standard InChI is InChI=1S/C6H4N2S/c1-2-7-3-6-5(1)8-4-9-6/h1-4H/q+1. The summed E-state index contributed by atoms with van der Waals surface area (Å²) in [5.74, 6) is 0. The van der Waals surface area contributed by atoms with E-state index >= 15 is 0 Å². The fourth-order valence-corrected chi connectivity index (χ4v) is 1.35. The maximum Gasteiger partial charge on any atom is 0.295 e. The van der Waals surface area contributed by atoms with E-state index in [1.807, 2.05) is 17.8 Å². The van der Waals surface area contributed by atoms with E-state index in [4.69, 9.17) is 0 Å². The van der Waals surface area contributed by atoms with Crippen molar-refractivity contribution in [1.29, 1.82) is 0 Å². The highest BCUT2D eigenvalue weighted by atomic mass is 32.2. The fourth-order valence-electron chi connectivity index (χ4n) is 0.710. The van der Waals surface area contributed by atoms with Gasteiger partial charge < -0.3 is 0 Å². The summed E-state index contributed by atoms with van der Waals surface area (Å²) in [5, 5.41) is 0. The Kier molecular flexibility index (Phi) is 1.02. The first kappa shape index (κ1) is 4.99. The Morgan fingerprint density at radius 2 is 2.56 bits per heavy atom. The van der Waals surface area contributed by atoms with Crippen LogP contribution in [-0.4, -0.2) is 10.5 Å². The van der Waals surface area contributed by atoms with E-state index in [0.717, 1.165) is 10.6 Å². The number of hydrogen-bond donors (Lipinski definition) is 0. The molecule has 0 amide bonds. The van der Waals surface area contributed by atoms with E-state index in [1.165, 1.54) is 0 Å². The highest BCUT2D eigenvalue weighted by molar-refractivity contribution is 8.12. The van der Waals surface area contributed by atoms with Gasteiger partial charge in [0.25, 0.3) is 11.2 Å². The summed E-state index contributed by atoms with van der Waals surface area (Å²) in [7, 11) is 0. The first-order valence-electron chi connectivity index (χ1n) is 2.60. The number of fused-ring (bicyclic) bond motifs is 1. The van der Waals surface area contributed by atoms with Crippen molar-refractivity contribution in [3.05, 3.63) is 18.5 Å². The van der Waals surface area contributed by atoms with Crippen molar-refractivity contribution in [2.75, 3.05) is 0 Å². The van der Waals surface area contributed by atoms with Crippen molar-refractivity contribution >= 4 is 23.0 Å². The van der Waals surface area contributed by atoms with Gasteiger partial charge in [0.1, 0.15) is 4.90 Å².